The second-order valence-electron chi connectivity index (χ2n) is 5.72. The lowest BCUT2D eigenvalue weighted by atomic mass is 10.1. The molecule has 1 amide bonds. The van der Waals surface area contributed by atoms with E-state index in [1.54, 1.807) is 28.9 Å². The van der Waals surface area contributed by atoms with E-state index in [0.29, 0.717) is 47.1 Å². The van der Waals surface area contributed by atoms with Gasteiger partial charge < -0.3 is 15.0 Å². The van der Waals surface area contributed by atoms with Crippen LogP contribution in [0.2, 0.25) is 0 Å². The highest BCUT2D eigenvalue weighted by molar-refractivity contribution is 5.99. The number of aromatic nitrogens is 3. The van der Waals surface area contributed by atoms with Crippen LogP contribution in [0.3, 0.4) is 0 Å². The van der Waals surface area contributed by atoms with Crippen LogP contribution in [0.4, 0.5) is 11.5 Å². The normalized spacial score (nSPS) is 14.0. The predicted octanol–water partition coefficient (Wildman–Crippen LogP) is 1.88. The zero-order chi connectivity index (χ0) is 18.1. The Balaban J connectivity index is 1.98. The first-order chi connectivity index (χ1) is 12.7. The average molecular weight is 348 g/mol. The molecule has 2 aromatic heterocycles. The molecule has 0 fully saturated rings. The van der Waals surface area contributed by atoms with E-state index in [-0.39, 0.29) is 12.5 Å². The number of amides is 1. The van der Waals surface area contributed by atoms with Crippen LogP contribution in [0.15, 0.2) is 36.7 Å². The van der Waals surface area contributed by atoms with Gasteiger partial charge in [-0.25, -0.2) is 9.50 Å². The highest BCUT2D eigenvalue weighted by atomic mass is 16.5. The van der Waals surface area contributed by atoms with Gasteiger partial charge in [-0.05, 0) is 25.1 Å². The Kier molecular flexibility index (Phi) is 3.89. The van der Waals surface area contributed by atoms with Crippen molar-refractivity contribution >= 4 is 23.1 Å². The van der Waals surface area contributed by atoms with Crippen LogP contribution in [-0.2, 0) is 0 Å². The smallest absolute Gasteiger partial charge is 0.256 e. The van der Waals surface area contributed by atoms with Gasteiger partial charge in [0, 0.05) is 12.7 Å². The lowest BCUT2D eigenvalue weighted by Gasteiger charge is -2.26. The molecule has 8 nitrogen and oxygen atoms in total. The maximum Gasteiger partial charge on any atom is 0.256 e. The van der Waals surface area contributed by atoms with Gasteiger partial charge in [-0.2, -0.15) is 10.4 Å². The number of benzene rings is 1. The third-order valence-electron chi connectivity index (χ3n) is 4.23. The quantitative estimate of drug-likeness (QED) is 0.721. The highest BCUT2D eigenvalue weighted by Gasteiger charge is 2.22. The fourth-order valence-corrected chi connectivity index (χ4v) is 3.03. The van der Waals surface area contributed by atoms with Crippen molar-refractivity contribution in [3.8, 4) is 11.8 Å². The van der Waals surface area contributed by atoms with Gasteiger partial charge >= 0.3 is 0 Å². The topological polar surface area (TPSA) is 95.6 Å². The largest absolute Gasteiger partial charge is 0.490 e. The van der Waals surface area contributed by atoms with Gasteiger partial charge in [-0.1, -0.05) is 6.07 Å². The number of rotatable bonds is 1. The summed E-state index contributed by atoms with van der Waals surface area (Å²) in [5, 5.41) is 16.6. The van der Waals surface area contributed by atoms with Crippen LogP contribution >= 0.6 is 0 Å². The molecule has 3 aromatic rings. The Labute approximate surface area is 149 Å². The molecule has 0 spiro atoms. The van der Waals surface area contributed by atoms with Crippen molar-refractivity contribution in [1.29, 1.82) is 5.26 Å². The Morgan fingerprint density at radius 2 is 2.27 bits per heavy atom. The van der Waals surface area contributed by atoms with Crippen molar-refractivity contribution < 1.29 is 9.53 Å². The molecular weight excluding hydrogens is 332 g/mol. The molecule has 1 aromatic carbocycles. The van der Waals surface area contributed by atoms with Crippen LogP contribution in [0.5, 0.6) is 5.75 Å². The average Bonchev–Trinajstić information content (AvgIpc) is 3.09. The van der Waals surface area contributed by atoms with E-state index in [4.69, 9.17) is 4.74 Å². The molecule has 1 aliphatic heterocycles. The molecule has 1 aliphatic rings. The fourth-order valence-electron chi connectivity index (χ4n) is 3.03. The number of hydrogen-bond acceptors (Lipinski definition) is 6. The molecule has 1 N–H and O–H groups in total. The molecule has 0 atom stereocenters. The summed E-state index contributed by atoms with van der Waals surface area (Å²) < 4.78 is 7.41. The zero-order valence-corrected chi connectivity index (χ0v) is 14.1. The van der Waals surface area contributed by atoms with Crippen LogP contribution in [0.1, 0.15) is 22.8 Å². The molecule has 0 unspecified atom stereocenters. The van der Waals surface area contributed by atoms with E-state index in [0.717, 1.165) is 0 Å². The van der Waals surface area contributed by atoms with Gasteiger partial charge in [0.25, 0.3) is 5.91 Å². The summed E-state index contributed by atoms with van der Waals surface area (Å²) >= 11 is 0. The number of carbonyl (C=O) groups excluding carboxylic acids is 1. The van der Waals surface area contributed by atoms with E-state index >= 15 is 0 Å². The van der Waals surface area contributed by atoms with Crippen LogP contribution < -0.4 is 15.0 Å². The number of nitrogens with zero attached hydrogens (tertiary/aromatic N) is 5. The summed E-state index contributed by atoms with van der Waals surface area (Å²) in [5.74, 6) is 0.946. The number of hydrogen-bond donors (Lipinski definition) is 1. The van der Waals surface area contributed by atoms with E-state index in [2.05, 4.69) is 21.5 Å². The van der Waals surface area contributed by atoms with Crippen molar-refractivity contribution in [1.82, 2.24) is 19.9 Å². The number of nitrogens with one attached hydrogen (secondary N) is 1. The number of anilines is 2. The first kappa shape index (κ1) is 15.9. The van der Waals surface area contributed by atoms with E-state index in [9.17, 15) is 10.1 Å². The summed E-state index contributed by atoms with van der Waals surface area (Å²) in [6.07, 6.45) is 3.25. The fraction of sp³-hybridized carbons (Fsp3) is 0.222. The summed E-state index contributed by atoms with van der Waals surface area (Å²) in [5.41, 5.74) is 2.04. The van der Waals surface area contributed by atoms with Crippen LogP contribution in [0.25, 0.3) is 5.65 Å². The number of fused-ring (bicyclic) bond motifs is 2. The molecule has 0 aliphatic carbocycles. The van der Waals surface area contributed by atoms with Gasteiger partial charge in [0.05, 0.1) is 18.3 Å². The van der Waals surface area contributed by atoms with Crippen molar-refractivity contribution in [3.63, 3.8) is 0 Å². The van der Waals surface area contributed by atoms with Gasteiger partial charge in [-0.15, -0.1) is 0 Å². The zero-order valence-electron chi connectivity index (χ0n) is 14.1. The number of carbonyl (C=O) groups is 1. The van der Waals surface area contributed by atoms with E-state index < -0.39 is 0 Å². The lowest BCUT2D eigenvalue weighted by Crippen LogP contribution is -2.29. The van der Waals surface area contributed by atoms with E-state index in [1.807, 2.05) is 17.9 Å². The monoisotopic (exact) mass is 348 g/mol. The third-order valence-corrected chi connectivity index (χ3v) is 4.23. The van der Waals surface area contributed by atoms with Crippen LogP contribution in [0, 0.1) is 11.3 Å². The SMILES string of the molecule is CCN1c2ccn3ncc(c3n2)C(=O)NCCOc2cccc(C#N)c21. The molecule has 2 bridgehead atoms. The highest BCUT2D eigenvalue weighted by Crippen LogP contribution is 2.36. The molecule has 8 heteroatoms. The first-order valence-corrected chi connectivity index (χ1v) is 8.29. The Hall–Kier alpha value is -3.60. The molecule has 0 saturated heterocycles. The van der Waals surface area contributed by atoms with Gasteiger partial charge in [-0.3, -0.25) is 4.79 Å². The Bertz CT molecular complexity index is 1040. The van der Waals surface area contributed by atoms with Crippen LogP contribution in [-0.4, -0.2) is 40.2 Å². The van der Waals surface area contributed by atoms with Crippen molar-refractivity contribution in [3.05, 3.63) is 47.8 Å². The second-order valence-corrected chi connectivity index (χ2v) is 5.72. The summed E-state index contributed by atoms with van der Waals surface area (Å²) in [6, 6.07) is 9.37. The standard InChI is InChI=1S/C18H16N6O2/c1-2-23-15-6-8-24-17(22-15)13(11-21-24)18(25)20-7-9-26-14-5-3-4-12(10-19)16(14)23/h3-6,8,11H,2,7,9H2,1H3,(H,20,25). The molecule has 0 radical (unpaired) electrons. The Morgan fingerprint density at radius 1 is 1.38 bits per heavy atom. The molecule has 4 rings (SSSR count). The summed E-state index contributed by atoms with van der Waals surface area (Å²) in [4.78, 5) is 18.9. The molecule has 3 heterocycles. The maximum absolute atomic E-state index is 12.4. The molecular formula is C18H16N6O2. The van der Waals surface area contributed by atoms with Gasteiger partial charge in [0.1, 0.15) is 35.5 Å². The minimum atomic E-state index is -0.247. The van der Waals surface area contributed by atoms with Gasteiger partial charge in [0.15, 0.2) is 5.65 Å². The first-order valence-electron chi connectivity index (χ1n) is 8.29. The third kappa shape index (κ3) is 2.50. The second kappa shape index (κ2) is 6.37. The number of ether oxygens (including phenoxy) is 1. The number of nitriles is 1. The predicted molar refractivity (Wildman–Crippen MR) is 94.7 cm³/mol. The lowest BCUT2D eigenvalue weighted by molar-refractivity contribution is 0.0948. The Morgan fingerprint density at radius 3 is 3.08 bits per heavy atom. The minimum Gasteiger partial charge on any atom is -0.490 e. The summed E-state index contributed by atoms with van der Waals surface area (Å²) in [7, 11) is 0. The van der Waals surface area contributed by atoms with Crippen molar-refractivity contribution in [2.75, 3.05) is 24.6 Å². The summed E-state index contributed by atoms with van der Waals surface area (Å²) in [6.45, 7) is 3.17. The minimum absolute atomic E-state index is 0.247. The van der Waals surface area contributed by atoms with E-state index in [1.165, 1.54) is 6.20 Å². The molecule has 26 heavy (non-hydrogen) atoms. The van der Waals surface area contributed by atoms with Crippen molar-refractivity contribution in [2.24, 2.45) is 0 Å². The molecule has 130 valence electrons. The molecule has 0 saturated carbocycles. The maximum atomic E-state index is 12.4. The van der Waals surface area contributed by atoms with Gasteiger partial charge in [0.2, 0.25) is 0 Å². The number of para-hydroxylation sites is 1. The van der Waals surface area contributed by atoms with Crippen molar-refractivity contribution in [2.45, 2.75) is 6.92 Å².